The van der Waals surface area contributed by atoms with Crippen LogP contribution in [0.4, 0.5) is 5.69 Å². The number of anilines is 1. The highest BCUT2D eigenvalue weighted by Gasteiger charge is 2.59. The molecule has 1 amide bonds. The molecule has 26 heavy (non-hydrogen) atoms. The number of halogens is 1. The van der Waals surface area contributed by atoms with Gasteiger partial charge < -0.3 is 5.32 Å². The first-order chi connectivity index (χ1) is 12.3. The highest BCUT2D eigenvalue weighted by atomic mass is 79.9. The molecule has 2 aromatic rings. The van der Waals surface area contributed by atoms with E-state index in [-0.39, 0.29) is 15.6 Å². The predicted molar refractivity (Wildman–Crippen MR) is 106 cm³/mol. The Kier molecular flexibility index (Phi) is 3.53. The number of fused-ring (bicyclic) bond motifs is 1. The number of hydrogen-bond donors (Lipinski definition) is 1. The molecular weight excluding hydrogens is 390 g/mol. The van der Waals surface area contributed by atoms with Crippen LogP contribution in [0.15, 0.2) is 18.2 Å². The first-order valence-electron chi connectivity index (χ1n) is 9.60. The average Bonchev–Trinajstić information content (AvgIpc) is 2.54. The Morgan fingerprint density at radius 2 is 1.73 bits per heavy atom. The molecule has 0 saturated heterocycles. The van der Waals surface area contributed by atoms with Gasteiger partial charge in [0.2, 0.25) is 5.91 Å². The van der Waals surface area contributed by atoms with Gasteiger partial charge in [0.15, 0.2) is 0 Å². The normalized spacial score (nSPS) is 35.0. The zero-order chi connectivity index (χ0) is 18.1. The maximum Gasteiger partial charge on any atom is 0.230 e. The van der Waals surface area contributed by atoms with E-state index in [0.29, 0.717) is 11.8 Å². The maximum absolute atomic E-state index is 13.3. The number of nitrogens with zero attached hydrogens (tertiary/aromatic N) is 2. The monoisotopic (exact) mass is 413 g/mol. The fourth-order valence-electron chi connectivity index (χ4n) is 5.99. The Morgan fingerprint density at radius 3 is 2.38 bits per heavy atom. The van der Waals surface area contributed by atoms with Crippen LogP contribution in [0.2, 0.25) is 0 Å². The number of alkyl halides is 1. The number of aromatic nitrogens is 2. The Hall–Kier alpha value is -1.49. The van der Waals surface area contributed by atoms with E-state index in [1.165, 1.54) is 19.3 Å². The third-order valence-corrected chi connectivity index (χ3v) is 7.73. The van der Waals surface area contributed by atoms with Crippen LogP contribution in [-0.2, 0) is 4.79 Å². The number of amides is 1. The van der Waals surface area contributed by atoms with E-state index < -0.39 is 0 Å². The molecule has 4 fully saturated rings. The highest BCUT2D eigenvalue weighted by molar-refractivity contribution is 9.10. The quantitative estimate of drug-likeness (QED) is 0.710. The van der Waals surface area contributed by atoms with E-state index in [0.717, 1.165) is 47.4 Å². The van der Waals surface area contributed by atoms with Gasteiger partial charge in [-0.15, -0.1) is 0 Å². The van der Waals surface area contributed by atoms with Gasteiger partial charge in [-0.25, -0.2) is 9.97 Å². The molecule has 0 aliphatic heterocycles. The molecule has 6 rings (SSSR count). The highest BCUT2D eigenvalue weighted by Crippen LogP contribution is 2.64. The van der Waals surface area contributed by atoms with Crippen LogP contribution in [0.3, 0.4) is 0 Å². The predicted octanol–water partition coefficient (Wildman–Crippen LogP) is 4.92. The molecule has 136 valence electrons. The van der Waals surface area contributed by atoms with Gasteiger partial charge in [-0.05, 0) is 82.4 Å². The first-order valence-corrected chi connectivity index (χ1v) is 10.4. The lowest BCUT2D eigenvalue weighted by Crippen LogP contribution is -2.57. The molecule has 0 spiro atoms. The van der Waals surface area contributed by atoms with Gasteiger partial charge in [-0.2, -0.15) is 0 Å². The van der Waals surface area contributed by atoms with Gasteiger partial charge in [-0.1, -0.05) is 15.9 Å². The van der Waals surface area contributed by atoms with Crippen LogP contribution in [0.25, 0.3) is 11.0 Å². The van der Waals surface area contributed by atoms with Crippen LogP contribution < -0.4 is 5.32 Å². The summed E-state index contributed by atoms with van der Waals surface area (Å²) in [6, 6.07) is 5.86. The molecule has 5 heteroatoms. The number of carbonyl (C=O) groups excluding carboxylic acids is 1. The minimum Gasteiger partial charge on any atom is -0.326 e. The molecule has 1 aromatic heterocycles. The summed E-state index contributed by atoms with van der Waals surface area (Å²) in [4.78, 5) is 22.5. The fourth-order valence-corrected chi connectivity index (χ4v) is 7.44. The Bertz CT molecular complexity index is 911. The van der Waals surface area contributed by atoms with Gasteiger partial charge in [0, 0.05) is 10.0 Å². The van der Waals surface area contributed by atoms with Gasteiger partial charge in [-0.3, -0.25) is 4.79 Å². The molecule has 4 nitrogen and oxygen atoms in total. The number of aryl methyl sites for hydroxylation is 2. The van der Waals surface area contributed by atoms with Crippen molar-refractivity contribution < 1.29 is 4.79 Å². The lowest BCUT2D eigenvalue weighted by molar-refractivity contribution is -0.138. The van der Waals surface area contributed by atoms with Gasteiger partial charge in [0.05, 0.1) is 27.8 Å². The number of hydrogen-bond acceptors (Lipinski definition) is 3. The van der Waals surface area contributed by atoms with Crippen molar-refractivity contribution in [2.45, 2.75) is 56.7 Å². The molecule has 0 unspecified atom stereocenters. The van der Waals surface area contributed by atoms with E-state index in [4.69, 9.17) is 0 Å². The van der Waals surface area contributed by atoms with Crippen molar-refractivity contribution in [3.8, 4) is 0 Å². The summed E-state index contributed by atoms with van der Waals surface area (Å²) in [5.41, 5.74) is 4.24. The third-order valence-electron chi connectivity index (χ3n) is 6.80. The van der Waals surface area contributed by atoms with Crippen LogP contribution in [-0.4, -0.2) is 20.2 Å². The number of carbonyl (C=O) groups is 1. The van der Waals surface area contributed by atoms with Crippen molar-refractivity contribution in [1.29, 1.82) is 0 Å². The summed E-state index contributed by atoms with van der Waals surface area (Å²) >= 11 is 4.00. The minimum absolute atomic E-state index is 0.192. The SMILES string of the molecule is Cc1nc2ccc(NC(=O)C34C[C@@H]5C[C@H](CC(Br)(C5)C3)C4)cc2nc1C. The molecule has 1 heterocycles. The minimum atomic E-state index is -0.197. The lowest BCUT2D eigenvalue weighted by Gasteiger charge is -2.59. The summed E-state index contributed by atoms with van der Waals surface area (Å²) in [5, 5.41) is 3.21. The zero-order valence-electron chi connectivity index (χ0n) is 15.3. The summed E-state index contributed by atoms with van der Waals surface area (Å²) in [5.74, 6) is 1.61. The molecule has 4 saturated carbocycles. The summed E-state index contributed by atoms with van der Waals surface area (Å²) in [6.45, 7) is 3.94. The molecule has 4 aliphatic carbocycles. The topological polar surface area (TPSA) is 54.9 Å². The summed E-state index contributed by atoms with van der Waals surface area (Å²) < 4.78 is 0.192. The van der Waals surface area contributed by atoms with E-state index >= 15 is 0 Å². The first kappa shape index (κ1) is 16.7. The molecule has 2 atom stereocenters. The van der Waals surface area contributed by atoms with Crippen LogP contribution in [0, 0.1) is 31.1 Å². The maximum atomic E-state index is 13.3. The smallest absolute Gasteiger partial charge is 0.230 e. The third kappa shape index (κ3) is 2.58. The number of nitrogens with one attached hydrogen (secondary N) is 1. The van der Waals surface area contributed by atoms with Crippen LogP contribution in [0.5, 0.6) is 0 Å². The van der Waals surface area contributed by atoms with E-state index in [2.05, 4.69) is 31.2 Å². The Balaban J connectivity index is 1.43. The van der Waals surface area contributed by atoms with Crippen molar-refractivity contribution in [2.24, 2.45) is 17.3 Å². The lowest BCUT2D eigenvalue weighted by atomic mass is 9.49. The molecule has 4 aliphatic rings. The molecule has 1 aromatic carbocycles. The number of rotatable bonds is 2. The zero-order valence-corrected chi connectivity index (χ0v) is 16.9. The second-order valence-corrected chi connectivity index (χ2v) is 10.6. The van der Waals surface area contributed by atoms with Crippen molar-refractivity contribution in [3.05, 3.63) is 29.6 Å². The van der Waals surface area contributed by atoms with Gasteiger partial charge >= 0.3 is 0 Å². The molecule has 0 radical (unpaired) electrons. The van der Waals surface area contributed by atoms with E-state index in [1.54, 1.807) is 0 Å². The fraction of sp³-hybridized carbons (Fsp3) is 0.571. The van der Waals surface area contributed by atoms with E-state index in [9.17, 15) is 4.79 Å². The summed E-state index contributed by atoms with van der Waals surface area (Å²) in [7, 11) is 0. The van der Waals surface area contributed by atoms with Crippen molar-refractivity contribution in [2.75, 3.05) is 5.32 Å². The van der Waals surface area contributed by atoms with Crippen LogP contribution in [0.1, 0.15) is 49.9 Å². The summed E-state index contributed by atoms with van der Waals surface area (Å²) in [6.07, 6.45) is 6.87. The van der Waals surface area contributed by atoms with Crippen molar-refractivity contribution in [3.63, 3.8) is 0 Å². The van der Waals surface area contributed by atoms with E-state index in [1.807, 2.05) is 32.0 Å². The Labute approximate surface area is 162 Å². The van der Waals surface area contributed by atoms with Gasteiger partial charge in [0.1, 0.15) is 0 Å². The van der Waals surface area contributed by atoms with Crippen molar-refractivity contribution in [1.82, 2.24) is 9.97 Å². The number of benzene rings is 1. The average molecular weight is 414 g/mol. The largest absolute Gasteiger partial charge is 0.326 e. The molecule has 1 N–H and O–H groups in total. The van der Waals surface area contributed by atoms with Crippen molar-refractivity contribution >= 4 is 38.6 Å². The van der Waals surface area contributed by atoms with Crippen LogP contribution >= 0.6 is 15.9 Å². The molecule has 4 bridgehead atoms. The second-order valence-electron chi connectivity index (χ2n) is 8.94. The second kappa shape index (κ2) is 5.51. The Morgan fingerprint density at radius 1 is 1.08 bits per heavy atom. The standard InChI is InChI=1S/C21H24BrN3O/c1-12-13(2)24-18-6-16(3-4-17(18)23-12)25-19(26)20-7-14-5-15(8-20)10-21(22,9-14)11-20/h3-4,6,14-15H,5,7-11H2,1-2H3,(H,25,26)/t14-,15-,20?,21?/m0/s1. The van der Waals surface area contributed by atoms with Gasteiger partial charge in [0.25, 0.3) is 0 Å². The molecular formula is C21H24BrN3O.